The molecule has 0 fully saturated rings. The highest BCUT2D eigenvalue weighted by atomic mass is 16.6. The van der Waals surface area contributed by atoms with Crippen molar-refractivity contribution in [3.8, 4) is 17.2 Å². The second-order valence-electron chi connectivity index (χ2n) is 2.82. The van der Waals surface area contributed by atoms with Gasteiger partial charge in [0, 0.05) is 6.42 Å². The lowest BCUT2D eigenvalue weighted by Crippen LogP contribution is -2.07. The maximum absolute atomic E-state index is 11.2. The van der Waals surface area contributed by atoms with Crippen molar-refractivity contribution in [2.75, 3.05) is 14.2 Å². The second-order valence-corrected chi connectivity index (χ2v) is 2.82. The van der Waals surface area contributed by atoms with Gasteiger partial charge in [0.1, 0.15) is 0 Å². The van der Waals surface area contributed by atoms with E-state index >= 15 is 0 Å². The zero-order chi connectivity index (χ0) is 11.3. The minimum Gasteiger partial charge on any atom is -0.493 e. The van der Waals surface area contributed by atoms with Crippen molar-refractivity contribution in [3.63, 3.8) is 0 Å². The van der Waals surface area contributed by atoms with Gasteiger partial charge in [-0.05, 0) is 12.1 Å². The summed E-state index contributed by atoms with van der Waals surface area (Å²) in [6.07, 6.45) is 0.307. The van der Waals surface area contributed by atoms with E-state index in [0.717, 1.165) is 0 Å². The predicted molar refractivity (Wildman–Crippen MR) is 55.5 cm³/mol. The fourth-order valence-electron chi connectivity index (χ4n) is 1.10. The minimum absolute atomic E-state index is 0.307. The molecular weight excluding hydrogens is 196 g/mol. The van der Waals surface area contributed by atoms with E-state index < -0.39 is 0 Å². The van der Waals surface area contributed by atoms with Crippen LogP contribution in [0.25, 0.3) is 0 Å². The third kappa shape index (κ3) is 2.62. The predicted octanol–water partition coefficient (Wildman–Crippen LogP) is 2.02. The van der Waals surface area contributed by atoms with Crippen LogP contribution in [0.2, 0.25) is 0 Å². The third-order valence-electron chi connectivity index (χ3n) is 1.89. The topological polar surface area (TPSA) is 44.8 Å². The lowest BCUT2D eigenvalue weighted by molar-refractivity contribution is -0.134. The maximum Gasteiger partial charge on any atom is 0.311 e. The highest BCUT2D eigenvalue weighted by molar-refractivity contribution is 5.74. The number of hydrogen-bond acceptors (Lipinski definition) is 4. The normalized spacial score (nSPS) is 9.53. The Kier molecular flexibility index (Phi) is 3.97. The molecule has 0 aliphatic carbocycles. The van der Waals surface area contributed by atoms with Crippen molar-refractivity contribution in [1.29, 1.82) is 0 Å². The molecule has 0 aromatic heterocycles. The van der Waals surface area contributed by atoms with Gasteiger partial charge in [0.15, 0.2) is 11.5 Å². The van der Waals surface area contributed by atoms with Crippen molar-refractivity contribution in [2.24, 2.45) is 0 Å². The van der Waals surface area contributed by atoms with E-state index in [0.29, 0.717) is 23.7 Å². The molecule has 4 heteroatoms. The summed E-state index contributed by atoms with van der Waals surface area (Å²) in [7, 11) is 3.02. The monoisotopic (exact) mass is 210 g/mol. The van der Waals surface area contributed by atoms with Crippen LogP contribution in [-0.4, -0.2) is 20.2 Å². The molecule has 0 unspecified atom stereocenters. The molecule has 82 valence electrons. The van der Waals surface area contributed by atoms with Crippen molar-refractivity contribution in [1.82, 2.24) is 0 Å². The van der Waals surface area contributed by atoms with E-state index in [4.69, 9.17) is 14.2 Å². The first-order valence-electron chi connectivity index (χ1n) is 4.64. The fourth-order valence-corrected chi connectivity index (χ4v) is 1.10. The quantitative estimate of drug-likeness (QED) is 0.563. The highest BCUT2D eigenvalue weighted by Crippen LogP contribution is 2.36. The van der Waals surface area contributed by atoms with Crippen molar-refractivity contribution in [2.45, 2.75) is 13.3 Å². The molecule has 0 aliphatic heterocycles. The number of rotatable bonds is 4. The molecule has 0 saturated heterocycles. The lowest BCUT2D eigenvalue weighted by Gasteiger charge is -2.11. The first kappa shape index (κ1) is 11.4. The van der Waals surface area contributed by atoms with E-state index in [2.05, 4.69) is 0 Å². The number of esters is 1. The van der Waals surface area contributed by atoms with E-state index in [1.807, 2.05) is 0 Å². The molecule has 0 spiro atoms. The van der Waals surface area contributed by atoms with E-state index in [1.54, 1.807) is 25.1 Å². The Morgan fingerprint density at radius 3 is 2.13 bits per heavy atom. The molecule has 15 heavy (non-hydrogen) atoms. The smallest absolute Gasteiger partial charge is 0.311 e. The first-order valence-corrected chi connectivity index (χ1v) is 4.64. The third-order valence-corrected chi connectivity index (χ3v) is 1.89. The molecule has 0 heterocycles. The SMILES string of the molecule is CCC(=O)Oc1c(OC)cccc1OC. The summed E-state index contributed by atoms with van der Waals surface area (Å²) in [4.78, 5) is 11.2. The number of ether oxygens (including phenoxy) is 3. The molecule has 0 atom stereocenters. The molecule has 0 radical (unpaired) electrons. The number of methoxy groups -OCH3 is 2. The molecule has 1 aromatic carbocycles. The maximum atomic E-state index is 11.2. The van der Waals surface area contributed by atoms with Gasteiger partial charge in [-0.3, -0.25) is 4.79 Å². The Bertz CT molecular complexity index is 324. The number of carbonyl (C=O) groups is 1. The number of benzene rings is 1. The summed E-state index contributed by atoms with van der Waals surface area (Å²) in [5.74, 6) is 0.972. The molecule has 0 bridgehead atoms. The molecular formula is C11H14O4. The zero-order valence-corrected chi connectivity index (χ0v) is 9.07. The van der Waals surface area contributed by atoms with Crippen LogP contribution < -0.4 is 14.2 Å². The number of hydrogen-bond donors (Lipinski definition) is 0. The summed E-state index contributed by atoms with van der Waals surface area (Å²) in [5, 5.41) is 0. The van der Waals surface area contributed by atoms with Crippen LogP contribution in [0.4, 0.5) is 0 Å². The van der Waals surface area contributed by atoms with Gasteiger partial charge < -0.3 is 14.2 Å². The Morgan fingerprint density at radius 2 is 1.73 bits per heavy atom. The number of carbonyl (C=O) groups excluding carboxylic acids is 1. The van der Waals surface area contributed by atoms with Crippen LogP contribution in [0.3, 0.4) is 0 Å². The van der Waals surface area contributed by atoms with Crippen LogP contribution in [0, 0.1) is 0 Å². The van der Waals surface area contributed by atoms with Gasteiger partial charge in [-0.1, -0.05) is 13.0 Å². The first-order chi connectivity index (χ1) is 7.22. The lowest BCUT2D eigenvalue weighted by atomic mass is 10.3. The molecule has 1 rings (SSSR count). The highest BCUT2D eigenvalue weighted by Gasteiger charge is 2.13. The number of para-hydroxylation sites is 1. The fraction of sp³-hybridized carbons (Fsp3) is 0.364. The van der Waals surface area contributed by atoms with E-state index in [-0.39, 0.29) is 5.97 Å². The molecule has 0 N–H and O–H groups in total. The van der Waals surface area contributed by atoms with Crippen LogP contribution >= 0.6 is 0 Å². The van der Waals surface area contributed by atoms with Gasteiger partial charge in [-0.15, -0.1) is 0 Å². The summed E-state index contributed by atoms with van der Waals surface area (Å²) in [6, 6.07) is 5.18. The van der Waals surface area contributed by atoms with Gasteiger partial charge in [0.25, 0.3) is 0 Å². The van der Waals surface area contributed by atoms with Crippen LogP contribution in [0.1, 0.15) is 13.3 Å². The van der Waals surface area contributed by atoms with Gasteiger partial charge in [-0.2, -0.15) is 0 Å². The summed E-state index contributed by atoms with van der Waals surface area (Å²) >= 11 is 0. The van der Waals surface area contributed by atoms with Gasteiger partial charge in [-0.25, -0.2) is 0 Å². The molecule has 1 aromatic rings. The zero-order valence-electron chi connectivity index (χ0n) is 9.07. The molecule has 4 nitrogen and oxygen atoms in total. The van der Waals surface area contributed by atoms with Crippen LogP contribution in [0.5, 0.6) is 17.2 Å². The van der Waals surface area contributed by atoms with E-state index in [1.165, 1.54) is 14.2 Å². The van der Waals surface area contributed by atoms with Crippen molar-refractivity contribution in [3.05, 3.63) is 18.2 Å². The molecule has 0 saturated carbocycles. The second kappa shape index (κ2) is 5.24. The van der Waals surface area contributed by atoms with E-state index in [9.17, 15) is 4.79 Å². The average Bonchev–Trinajstić information content (AvgIpc) is 2.29. The van der Waals surface area contributed by atoms with Gasteiger partial charge in [0.2, 0.25) is 5.75 Å². The standard InChI is InChI=1S/C11H14O4/c1-4-10(12)15-11-8(13-2)6-5-7-9(11)14-3/h5-7H,4H2,1-3H3. The minimum atomic E-state index is -0.321. The van der Waals surface area contributed by atoms with Crippen LogP contribution in [-0.2, 0) is 4.79 Å². The Labute approximate surface area is 88.8 Å². The average molecular weight is 210 g/mol. The summed E-state index contributed by atoms with van der Waals surface area (Å²) in [6.45, 7) is 1.73. The van der Waals surface area contributed by atoms with Crippen LogP contribution in [0.15, 0.2) is 18.2 Å². The Morgan fingerprint density at radius 1 is 1.20 bits per heavy atom. The Balaban J connectivity index is 3.05. The van der Waals surface area contributed by atoms with Gasteiger partial charge >= 0.3 is 5.97 Å². The molecule has 0 aliphatic rings. The van der Waals surface area contributed by atoms with Gasteiger partial charge in [0.05, 0.1) is 14.2 Å². The Hall–Kier alpha value is -1.71. The summed E-state index contributed by atoms with van der Waals surface area (Å²) in [5.41, 5.74) is 0. The summed E-state index contributed by atoms with van der Waals surface area (Å²) < 4.78 is 15.3. The van der Waals surface area contributed by atoms with Crippen molar-refractivity contribution >= 4 is 5.97 Å². The molecule has 0 amide bonds. The van der Waals surface area contributed by atoms with Crippen molar-refractivity contribution < 1.29 is 19.0 Å². The largest absolute Gasteiger partial charge is 0.493 e.